The Balaban J connectivity index is 2.51. The number of rotatable bonds is 4. The number of H-pyrrole nitrogens is 1. The number of methoxy groups -OCH3 is 1. The van der Waals surface area contributed by atoms with Crippen molar-refractivity contribution < 1.29 is 14.6 Å². The molecule has 0 radical (unpaired) electrons. The molecule has 2 rings (SSSR count). The summed E-state index contributed by atoms with van der Waals surface area (Å²) in [4.78, 5) is 10.8. The molecule has 0 bridgehead atoms. The molecule has 1 heterocycles. The predicted molar refractivity (Wildman–Crippen MR) is 66.9 cm³/mol. The van der Waals surface area contributed by atoms with Gasteiger partial charge in [-0.05, 0) is 18.2 Å². The second kappa shape index (κ2) is 5.10. The third-order valence-corrected chi connectivity index (χ3v) is 2.73. The second-order valence-electron chi connectivity index (χ2n) is 3.68. The number of nitrogens with zero attached hydrogens (tertiary/aromatic N) is 1. The first-order valence-electron chi connectivity index (χ1n) is 5.19. The first kappa shape index (κ1) is 12.4. The van der Waals surface area contributed by atoms with Gasteiger partial charge in [-0.15, -0.1) is 0 Å². The van der Waals surface area contributed by atoms with Crippen molar-refractivity contribution in [2.45, 2.75) is 6.42 Å². The smallest absolute Gasteiger partial charge is 0.309 e. The lowest BCUT2D eigenvalue weighted by Gasteiger charge is -2.08. The van der Waals surface area contributed by atoms with E-state index in [1.54, 1.807) is 31.5 Å². The van der Waals surface area contributed by atoms with Gasteiger partial charge < -0.3 is 9.84 Å². The Kier molecular flexibility index (Phi) is 3.53. The molecule has 1 aromatic heterocycles. The highest BCUT2D eigenvalue weighted by Gasteiger charge is 2.15. The SMILES string of the molecule is COc1ccc(Cl)cc1-c1cn[nH]c1CC(=O)O. The van der Waals surface area contributed by atoms with E-state index >= 15 is 0 Å². The van der Waals surface area contributed by atoms with Gasteiger partial charge >= 0.3 is 5.97 Å². The number of aliphatic carboxylic acids is 1. The number of carboxylic acid groups (broad SMARTS) is 1. The van der Waals surface area contributed by atoms with Crippen molar-refractivity contribution in [2.75, 3.05) is 7.11 Å². The van der Waals surface area contributed by atoms with Gasteiger partial charge in [0.05, 0.1) is 25.4 Å². The first-order valence-corrected chi connectivity index (χ1v) is 5.57. The maximum atomic E-state index is 10.8. The highest BCUT2D eigenvalue weighted by atomic mass is 35.5. The largest absolute Gasteiger partial charge is 0.496 e. The summed E-state index contributed by atoms with van der Waals surface area (Å²) in [5.41, 5.74) is 1.91. The molecule has 0 spiro atoms. The van der Waals surface area contributed by atoms with Gasteiger partial charge in [0, 0.05) is 16.1 Å². The van der Waals surface area contributed by atoms with Crippen LogP contribution >= 0.6 is 11.6 Å². The summed E-state index contributed by atoms with van der Waals surface area (Å²) in [5.74, 6) is -0.311. The minimum absolute atomic E-state index is 0.134. The molecule has 2 N–H and O–H groups in total. The molecule has 5 nitrogen and oxygen atoms in total. The van der Waals surface area contributed by atoms with Gasteiger partial charge in [0.2, 0.25) is 0 Å². The van der Waals surface area contributed by atoms with Crippen LogP contribution < -0.4 is 4.74 Å². The van der Waals surface area contributed by atoms with Crippen LogP contribution in [0.3, 0.4) is 0 Å². The molecular formula is C12H11ClN2O3. The van der Waals surface area contributed by atoms with E-state index in [9.17, 15) is 4.79 Å². The summed E-state index contributed by atoms with van der Waals surface area (Å²) in [6, 6.07) is 5.16. The minimum atomic E-state index is -0.929. The lowest BCUT2D eigenvalue weighted by molar-refractivity contribution is -0.136. The van der Waals surface area contributed by atoms with Crippen LogP contribution in [0.4, 0.5) is 0 Å². The number of hydrogen-bond donors (Lipinski definition) is 2. The number of aromatic amines is 1. The quantitative estimate of drug-likeness (QED) is 0.891. The molecule has 0 aliphatic carbocycles. The molecule has 0 amide bonds. The topological polar surface area (TPSA) is 75.2 Å². The summed E-state index contributed by atoms with van der Waals surface area (Å²) in [7, 11) is 1.55. The van der Waals surface area contributed by atoms with E-state index in [2.05, 4.69) is 10.2 Å². The minimum Gasteiger partial charge on any atom is -0.496 e. The molecule has 0 saturated carbocycles. The zero-order valence-corrected chi connectivity index (χ0v) is 10.4. The van der Waals surface area contributed by atoms with E-state index in [1.165, 1.54) is 0 Å². The van der Waals surface area contributed by atoms with Crippen molar-refractivity contribution in [3.8, 4) is 16.9 Å². The third kappa shape index (κ3) is 2.46. The van der Waals surface area contributed by atoms with Crippen LogP contribution in [0, 0.1) is 0 Å². The Bertz CT molecular complexity index is 580. The van der Waals surface area contributed by atoms with E-state index in [4.69, 9.17) is 21.4 Å². The van der Waals surface area contributed by atoms with Crippen molar-refractivity contribution in [1.82, 2.24) is 10.2 Å². The maximum Gasteiger partial charge on any atom is 0.309 e. The molecule has 18 heavy (non-hydrogen) atoms. The highest BCUT2D eigenvalue weighted by molar-refractivity contribution is 6.31. The fourth-order valence-corrected chi connectivity index (χ4v) is 1.89. The van der Waals surface area contributed by atoms with Crippen LogP contribution in [-0.4, -0.2) is 28.4 Å². The van der Waals surface area contributed by atoms with Gasteiger partial charge in [0.1, 0.15) is 5.75 Å². The van der Waals surface area contributed by atoms with E-state index in [-0.39, 0.29) is 6.42 Å². The molecule has 0 fully saturated rings. The number of carbonyl (C=O) groups is 1. The lowest BCUT2D eigenvalue weighted by Crippen LogP contribution is -2.02. The fourth-order valence-electron chi connectivity index (χ4n) is 1.72. The van der Waals surface area contributed by atoms with Gasteiger partial charge in [-0.3, -0.25) is 9.89 Å². The number of halogens is 1. The first-order chi connectivity index (χ1) is 8.61. The van der Waals surface area contributed by atoms with Crippen LogP contribution in [0.1, 0.15) is 5.69 Å². The van der Waals surface area contributed by atoms with Gasteiger partial charge in [-0.2, -0.15) is 5.10 Å². The van der Waals surface area contributed by atoms with Crippen molar-refractivity contribution in [3.63, 3.8) is 0 Å². The third-order valence-electron chi connectivity index (χ3n) is 2.50. The van der Waals surface area contributed by atoms with Crippen LogP contribution in [-0.2, 0) is 11.2 Å². The average Bonchev–Trinajstić information content (AvgIpc) is 2.76. The van der Waals surface area contributed by atoms with Crippen molar-refractivity contribution >= 4 is 17.6 Å². The Morgan fingerprint density at radius 2 is 2.28 bits per heavy atom. The van der Waals surface area contributed by atoms with Gasteiger partial charge in [-0.25, -0.2) is 0 Å². The molecule has 94 valence electrons. The van der Waals surface area contributed by atoms with Gasteiger partial charge in [0.25, 0.3) is 0 Å². The number of nitrogens with one attached hydrogen (secondary N) is 1. The van der Waals surface area contributed by atoms with Crippen molar-refractivity contribution in [2.24, 2.45) is 0 Å². The van der Waals surface area contributed by atoms with E-state index in [0.717, 1.165) is 5.56 Å². The number of benzene rings is 1. The molecule has 0 saturated heterocycles. The monoisotopic (exact) mass is 266 g/mol. The average molecular weight is 267 g/mol. The standard InChI is InChI=1S/C12H11ClN2O3/c1-18-11-3-2-7(13)4-8(11)9-6-14-15-10(9)5-12(16)17/h2-4,6H,5H2,1H3,(H,14,15)(H,16,17). The summed E-state index contributed by atoms with van der Waals surface area (Å²) in [6.45, 7) is 0. The molecule has 0 unspecified atom stereocenters. The van der Waals surface area contributed by atoms with Gasteiger partial charge in [0.15, 0.2) is 0 Å². The zero-order valence-electron chi connectivity index (χ0n) is 9.61. The Morgan fingerprint density at radius 1 is 1.50 bits per heavy atom. The predicted octanol–water partition coefficient (Wildman–Crippen LogP) is 2.37. The molecule has 0 aliphatic rings. The summed E-state index contributed by atoms with van der Waals surface area (Å²) in [6.07, 6.45) is 1.43. The second-order valence-corrected chi connectivity index (χ2v) is 4.11. The highest BCUT2D eigenvalue weighted by Crippen LogP contribution is 2.33. The normalized spacial score (nSPS) is 10.3. The van der Waals surface area contributed by atoms with E-state index in [1.807, 2.05) is 0 Å². The molecule has 2 aromatic rings. The lowest BCUT2D eigenvalue weighted by atomic mass is 10.0. The van der Waals surface area contributed by atoms with Crippen LogP contribution in [0.15, 0.2) is 24.4 Å². The molecule has 0 aliphatic heterocycles. The molecule has 0 atom stereocenters. The van der Waals surface area contributed by atoms with Crippen LogP contribution in [0.5, 0.6) is 5.75 Å². The van der Waals surface area contributed by atoms with E-state index in [0.29, 0.717) is 22.0 Å². The zero-order chi connectivity index (χ0) is 13.1. The summed E-state index contributed by atoms with van der Waals surface area (Å²) in [5, 5.41) is 15.9. The fraction of sp³-hybridized carbons (Fsp3) is 0.167. The summed E-state index contributed by atoms with van der Waals surface area (Å²) >= 11 is 5.95. The van der Waals surface area contributed by atoms with Crippen molar-refractivity contribution in [3.05, 3.63) is 35.1 Å². The molecular weight excluding hydrogens is 256 g/mol. The Labute approximate surface area is 108 Å². The Hall–Kier alpha value is -2.01. The number of carboxylic acids is 1. The number of aromatic nitrogens is 2. The van der Waals surface area contributed by atoms with Crippen molar-refractivity contribution in [1.29, 1.82) is 0 Å². The number of hydrogen-bond acceptors (Lipinski definition) is 3. The molecule has 1 aromatic carbocycles. The molecule has 6 heteroatoms. The number of ether oxygens (including phenoxy) is 1. The van der Waals surface area contributed by atoms with Crippen LogP contribution in [0.2, 0.25) is 5.02 Å². The maximum absolute atomic E-state index is 10.8. The Morgan fingerprint density at radius 3 is 2.94 bits per heavy atom. The van der Waals surface area contributed by atoms with E-state index < -0.39 is 5.97 Å². The van der Waals surface area contributed by atoms with Gasteiger partial charge in [-0.1, -0.05) is 11.6 Å². The van der Waals surface area contributed by atoms with Crippen LogP contribution in [0.25, 0.3) is 11.1 Å². The summed E-state index contributed by atoms with van der Waals surface area (Å²) < 4.78 is 5.24.